The van der Waals surface area contributed by atoms with Crippen molar-refractivity contribution in [3.8, 4) is 28.2 Å². The smallest absolute Gasteiger partial charge is 0.336 e. The third kappa shape index (κ3) is 10.3. The zero-order valence-electron chi connectivity index (χ0n) is 27.3. The Hall–Kier alpha value is -4.49. The van der Waals surface area contributed by atoms with E-state index < -0.39 is 17.8 Å². The number of hydrogen-bond acceptors (Lipinski definition) is 9. The number of benzene rings is 3. The third-order valence-electron chi connectivity index (χ3n) is 7.93. The van der Waals surface area contributed by atoms with Gasteiger partial charge < -0.3 is 39.4 Å². The summed E-state index contributed by atoms with van der Waals surface area (Å²) in [5.41, 5.74) is 1.34. The summed E-state index contributed by atoms with van der Waals surface area (Å²) in [7, 11) is 1.69. The first-order chi connectivity index (χ1) is 23.6. The predicted octanol–water partition coefficient (Wildman–Crippen LogP) is 5.44. The summed E-state index contributed by atoms with van der Waals surface area (Å²) in [6.45, 7) is 2.25. The van der Waals surface area contributed by atoms with E-state index in [2.05, 4.69) is 5.32 Å². The van der Waals surface area contributed by atoms with Gasteiger partial charge in [-0.2, -0.15) is 0 Å². The molecule has 0 atom stereocenters. The summed E-state index contributed by atoms with van der Waals surface area (Å²) in [5.74, 6) is -1.99. The fraction of sp³-hybridized carbons (Fsp3) is 0.389. The Morgan fingerprint density at radius 1 is 0.898 bits per heavy atom. The number of ether oxygens (including phenoxy) is 2. The number of phenolic OH excluding ortho intramolecular Hbond substituents is 1. The Morgan fingerprint density at radius 3 is 2.37 bits per heavy atom. The first-order valence-corrected chi connectivity index (χ1v) is 16.6. The summed E-state index contributed by atoms with van der Waals surface area (Å²) in [6.07, 6.45) is 4.01. The lowest BCUT2D eigenvalue weighted by molar-refractivity contribution is -0.137. The van der Waals surface area contributed by atoms with Crippen LogP contribution in [-0.4, -0.2) is 90.5 Å². The lowest BCUT2D eigenvalue weighted by atomic mass is 9.89. The molecule has 0 fully saturated rings. The van der Waals surface area contributed by atoms with Gasteiger partial charge in [0.25, 0.3) is 5.91 Å². The van der Waals surface area contributed by atoms with Crippen molar-refractivity contribution < 1.29 is 43.6 Å². The quantitative estimate of drug-likeness (QED) is 0.0526. The van der Waals surface area contributed by atoms with Gasteiger partial charge in [-0.05, 0) is 61.9 Å². The second-order valence-corrected chi connectivity index (χ2v) is 12.0. The lowest BCUT2D eigenvalue weighted by Crippen LogP contribution is -2.28. The number of aromatic carboxylic acids is 1. The summed E-state index contributed by atoms with van der Waals surface area (Å²) < 4.78 is 17.2. The van der Waals surface area contributed by atoms with E-state index in [1.165, 1.54) is 36.4 Å². The number of carbonyl (C=O) groups excluding carboxylic acids is 1. The maximum absolute atomic E-state index is 13.0. The number of nitrogens with one attached hydrogen (secondary N) is 1. The van der Waals surface area contributed by atoms with Crippen LogP contribution in [0.15, 0.2) is 57.7 Å². The van der Waals surface area contributed by atoms with E-state index in [0.717, 1.165) is 25.7 Å². The van der Waals surface area contributed by atoms with Crippen LogP contribution in [0.25, 0.3) is 33.4 Å². The van der Waals surface area contributed by atoms with Gasteiger partial charge in [0.2, 0.25) is 0 Å². The number of fused-ring (bicyclic) bond motifs is 2. The van der Waals surface area contributed by atoms with Crippen molar-refractivity contribution in [2.24, 2.45) is 0 Å². The Kier molecular flexibility index (Phi) is 14.0. The molecule has 1 amide bonds. The first-order valence-electron chi connectivity index (χ1n) is 16.1. The van der Waals surface area contributed by atoms with Gasteiger partial charge in [-0.15, -0.1) is 11.6 Å². The molecule has 1 aliphatic heterocycles. The number of unbranched alkanes of at least 4 members (excludes halogenated alkanes) is 3. The van der Waals surface area contributed by atoms with Gasteiger partial charge in [-0.1, -0.05) is 18.9 Å². The number of phenols is 1. The van der Waals surface area contributed by atoms with E-state index >= 15 is 0 Å². The number of alkyl halides is 1. The summed E-state index contributed by atoms with van der Waals surface area (Å²) in [5, 5.41) is 33.4. The monoisotopic (exact) mass is 696 g/mol. The van der Waals surface area contributed by atoms with E-state index in [1.807, 2.05) is 0 Å². The number of halogens is 1. The molecular formula is C36H41ClN2O10. The second-order valence-electron chi connectivity index (χ2n) is 11.6. The fourth-order valence-electron chi connectivity index (χ4n) is 5.45. The van der Waals surface area contributed by atoms with Crippen LogP contribution in [0.5, 0.6) is 5.75 Å². The van der Waals surface area contributed by atoms with Crippen LogP contribution in [0.2, 0.25) is 0 Å². The summed E-state index contributed by atoms with van der Waals surface area (Å²) in [6, 6.07) is 11.6. The van der Waals surface area contributed by atoms with Gasteiger partial charge >= 0.3 is 11.9 Å². The molecule has 49 heavy (non-hydrogen) atoms. The largest absolute Gasteiger partial charge is 0.507 e. The van der Waals surface area contributed by atoms with Crippen LogP contribution in [0.3, 0.4) is 0 Å². The number of carboxylic acids is 2. The highest BCUT2D eigenvalue weighted by molar-refractivity contribution is 6.17. The van der Waals surface area contributed by atoms with Crippen LogP contribution in [0, 0.1) is 0 Å². The van der Waals surface area contributed by atoms with E-state index in [0.29, 0.717) is 47.8 Å². The van der Waals surface area contributed by atoms with Gasteiger partial charge in [0, 0.05) is 60.3 Å². The molecule has 262 valence electrons. The van der Waals surface area contributed by atoms with Crippen LogP contribution in [-0.2, 0) is 20.8 Å². The molecule has 0 aromatic heterocycles. The molecule has 1 heterocycles. The molecule has 2 aliphatic rings. The van der Waals surface area contributed by atoms with Crippen molar-refractivity contribution in [2.45, 2.75) is 38.6 Å². The van der Waals surface area contributed by atoms with Crippen LogP contribution in [0.4, 0.5) is 0 Å². The summed E-state index contributed by atoms with van der Waals surface area (Å²) >= 11 is 5.67. The van der Waals surface area contributed by atoms with E-state index in [4.69, 9.17) is 30.6 Å². The molecule has 0 saturated carbocycles. The number of carboxylic acid groups (broad SMARTS) is 2. The molecule has 13 heteroatoms. The standard InChI is InChI=1S/C36H41ClN2O10/c1-39(15-12-32(42)43)22-29-30(41)11-10-27-33(26-9-7-24(40)21-31(26)49-34(27)29)25-8-6-23(20-28(25)36(45)46)35(44)38-14-17-48-19-18-47-16-5-3-2-4-13-37/h6-11,20-21,41H,2-5,12-19,22H2,1H3,(H,38,44)(H,42,43)(H,45,46). The molecule has 0 spiro atoms. The maximum atomic E-state index is 13.0. The first kappa shape index (κ1) is 37.3. The highest BCUT2D eigenvalue weighted by atomic mass is 35.5. The van der Waals surface area contributed by atoms with Gasteiger partial charge in [0.05, 0.1) is 37.4 Å². The Morgan fingerprint density at radius 2 is 1.63 bits per heavy atom. The number of carbonyl (C=O) groups is 3. The van der Waals surface area contributed by atoms with Crippen molar-refractivity contribution in [3.05, 3.63) is 75.4 Å². The molecule has 0 unspecified atom stereocenters. The van der Waals surface area contributed by atoms with Gasteiger partial charge in [-0.3, -0.25) is 14.4 Å². The minimum absolute atomic E-state index is 0.110. The van der Waals surface area contributed by atoms with Crippen molar-refractivity contribution >= 4 is 40.4 Å². The Balaban J connectivity index is 1.55. The predicted molar refractivity (Wildman–Crippen MR) is 185 cm³/mol. The van der Waals surface area contributed by atoms with Gasteiger partial charge in [-0.25, -0.2) is 4.79 Å². The minimum Gasteiger partial charge on any atom is -0.507 e. The number of rotatable bonds is 20. The SMILES string of the molecule is CN(CCC(=O)O)Cc1c(O)ccc2c(-c3ccc(C(=O)NCCOCCOCCCCCCCl)cc3C(=O)O)c3ccc(=O)cc-3oc12. The van der Waals surface area contributed by atoms with Crippen LogP contribution >= 0.6 is 11.6 Å². The van der Waals surface area contributed by atoms with Crippen molar-refractivity contribution in [1.82, 2.24) is 10.2 Å². The molecular weight excluding hydrogens is 656 g/mol. The van der Waals surface area contributed by atoms with Crippen molar-refractivity contribution in [1.29, 1.82) is 0 Å². The van der Waals surface area contributed by atoms with Crippen LogP contribution < -0.4 is 10.7 Å². The number of hydrogen-bond donors (Lipinski definition) is 4. The fourth-order valence-corrected chi connectivity index (χ4v) is 5.64. The topological polar surface area (TPSA) is 176 Å². The number of amides is 1. The molecule has 0 radical (unpaired) electrons. The third-order valence-corrected chi connectivity index (χ3v) is 8.20. The Bertz CT molecular complexity index is 1790. The highest BCUT2D eigenvalue weighted by Gasteiger charge is 2.25. The highest BCUT2D eigenvalue weighted by Crippen LogP contribution is 2.44. The summed E-state index contributed by atoms with van der Waals surface area (Å²) in [4.78, 5) is 50.8. The Labute approximate surface area is 288 Å². The number of aromatic hydroxyl groups is 1. The van der Waals surface area contributed by atoms with E-state index in [1.54, 1.807) is 24.1 Å². The van der Waals surface area contributed by atoms with Gasteiger partial charge in [0.15, 0.2) is 5.43 Å². The lowest BCUT2D eigenvalue weighted by Gasteiger charge is -2.21. The molecule has 1 aliphatic carbocycles. The molecule has 4 rings (SSSR count). The minimum atomic E-state index is -1.28. The maximum Gasteiger partial charge on any atom is 0.336 e. The molecule has 2 aromatic rings. The second kappa shape index (κ2) is 18.3. The zero-order chi connectivity index (χ0) is 35.3. The van der Waals surface area contributed by atoms with Crippen LogP contribution in [0.1, 0.15) is 58.4 Å². The number of nitrogens with zero attached hydrogens (tertiary/aromatic N) is 1. The molecule has 0 bridgehead atoms. The van der Waals surface area contributed by atoms with Crippen molar-refractivity contribution in [3.63, 3.8) is 0 Å². The average Bonchev–Trinajstić information content (AvgIpc) is 3.07. The molecule has 12 nitrogen and oxygen atoms in total. The van der Waals surface area contributed by atoms with E-state index in [9.17, 15) is 29.4 Å². The molecule has 2 aromatic carbocycles. The molecule has 4 N–H and O–H groups in total. The zero-order valence-corrected chi connectivity index (χ0v) is 28.1. The number of aliphatic carboxylic acids is 1. The average molecular weight is 697 g/mol. The van der Waals surface area contributed by atoms with E-state index in [-0.39, 0.29) is 71.9 Å². The van der Waals surface area contributed by atoms with Gasteiger partial charge in [0.1, 0.15) is 17.1 Å². The molecule has 0 saturated heterocycles. The normalized spacial score (nSPS) is 11.4. The van der Waals surface area contributed by atoms with Crippen molar-refractivity contribution in [2.75, 3.05) is 52.4 Å².